The third kappa shape index (κ3) is 2.83. The molecular formula is C6H8BrNO2. The summed E-state index contributed by atoms with van der Waals surface area (Å²) in [5.74, 6) is -0.390. The Morgan fingerprint density at radius 2 is 2.20 bits per heavy atom. The van der Waals surface area contributed by atoms with Gasteiger partial charge in [0.05, 0.1) is 0 Å². The van der Waals surface area contributed by atoms with Crippen molar-refractivity contribution in [1.82, 2.24) is 0 Å². The van der Waals surface area contributed by atoms with Gasteiger partial charge < -0.3 is 4.74 Å². The molecule has 0 bridgehead atoms. The first-order valence-corrected chi connectivity index (χ1v) is 3.75. The van der Waals surface area contributed by atoms with Crippen molar-refractivity contribution in [1.29, 1.82) is 5.26 Å². The molecule has 1 atom stereocenters. The number of nitrogens with zero attached hydrogens (tertiary/aromatic N) is 1. The topological polar surface area (TPSA) is 50.1 Å². The van der Waals surface area contributed by atoms with E-state index in [4.69, 9.17) is 5.26 Å². The largest absolute Gasteiger partial charge is 0.350 e. The van der Waals surface area contributed by atoms with E-state index in [0.29, 0.717) is 0 Å². The highest BCUT2D eigenvalue weighted by molar-refractivity contribution is 9.10. The van der Waals surface area contributed by atoms with Crippen molar-refractivity contribution in [2.24, 2.45) is 5.92 Å². The summed E-state index contributed by atoms with van der Waals surface area (Å²) in [6, 6.07) is 0. The van der Waals surface area contributed by atoms with Gasteiger partial charge in [0.25, 0.3) is 6.26 Å². The molecule has 0 N–H and O–H groups in total. The van der Waals surface area contributed by atoms with E-state index in [2.05, 4.69) is 20.7 Å². The van der Waals surface area contributed by atoms with Crippen LogP contribution in [0, 0.1) is 17.4 Å². The van der Waals surface area contributed by atoms with Crippen LogP contribution in [0.15, 0.2) is 0 Å². The minimum Gasteiger partial charge on any atom is -0.350 e. The molecule has 0 aromatic heterocycles. The van der Waals surface area contributed by atoms with Crippen LogP contribution in [0.2, 0.25) is 0 Å². The summed E-state index contributed by atoms with van der Waals surface area (Å²) in [6.45, 7) is 3.72. The van der Waals surface area contributed by atoms with E-state index in [1.807, 2.05) is 13.8 Å². The molecule has 0 saturated heterocycles. The maximum atomic E-state index is 10.7. The van der Waals surface area contributed by atoms with Gasteiger partial charge in [0.15, 0.2) is 0 Å². The van der Waals surface area contributed by atoms with Crippen LogP contribution in [0.1, 0.15) is 13.8 Å². The van der Waals surface area contributed by atoms with Crippen LogP contribution in [-0.2, 0) is 9.53 Å². The van der Waals surface area contributed by atoms with Gasteiger partial charge in [-0.2, -0.15) is 0 Å². The highest BCUT2D eigenvalue weighted by Crippen LogP contribution is 2.12. The average Bonchev–Trinajstić information content (AvgIpc) is 1.87. The van der Waals surface area contributed by atoms with Gasteiger partial charge in [-0.25, -0.2) is 4.79 Å². The maximum absolute atomic E-state index is 10.7. The third-order valence-corrected chi connectivity index (χ3v) is 2.39. The van der Waals surface area contributed by atoms with E-state index >= 15 is 0 Å². The van der Waals surface area contributed by atoms with Crippen molar-refractivity contribution in [2.45, 2.75) is 18.7 Å². The van der Waals surface area contributed by atoms with Gasteiger partial charge in [-0.15, -0.1) is 5.26 Å². The number of esters is 1. The lowest BCUT2D eigenvalue weighted by Gasteiger charge is -2.07. The molecule has 0 heterocycles. The van der Waals surface area contributed by atoms with Crippen LogP contribution >= 0.6 is 15.9 Å². The Hall–Kier alpha value is -0.560. The molecule has 0 aliphatic rings. The van der Waals surface area contributed by atoms with E-state index in [0.717, 1.165) is 0 Å². The van der Waals surface area contributed by atoms with E-state index in [1.165, 1.54) is 6.26 Å². The quantitative estimate of drug-likeness (QED) is 0.390. The molecule has 0 amide bonds. The fourth-order valence-corrected chi connectivity index (χ4v) is 0.467. The summed E-state index contributed by atoms with van der Waals surface area (Å²) in [6.07, 6.45) is 1.32. The summed E-state index contributed by atoms with van der Waals surface area (Å²) in [5.41, 5.74) is 0. The lowest BCUT2D eigenvalue weighted by Crippen LogP contribution is -2.20. The first-order chi connectivity index (χ1) is 4.59. The van der Waals surface area contributed by atoms with Crippen molar-refractivity contribution >= 4 is 21.9 Å². The lowest BCUT2D eigenvalue weighted by atomic mass is 10.1. The van der Waals surface area contributed by atoms with E-state index in [-0.39, 0.29) is 10.7 Å². The van der Waals surface area contributed by atoms with Gasteiger partial charge in [0.1, 0.15) is 4.83 Å². The first kappa shape index (κ1) is 9.44. The van der Waals surface area contributed by atoms with Crippen LogP contribution in [0.25, 0.3) is 0 Å². The number of rotatable bonds is 2. The Balaban J connectivity index is 3.85. The van der Waals surface area contributed by atoms with Gasteiger partial charge >= 0.3 is 5.97 Å². The molecular weight excluding hydrogens is 198 g/mol. The summed E-state index contributed by atoms with van der Waals surface area (Å²) < 4.78 is 4.08. The number of carbonyl (C=O) groups excluding carboxylic acids is 1. The van der Waals surface area contributed by atoms with Gasteiger partial charge in [0.2, 0.25) is 0 Å². The van der Waals surface area contributed by atoms with Crippen LogP contribution in [0.4, 0.5) is 0 Å². The summed E-state index contributed by atoms with van der Waals surface area (Å²) in [5, 5.41) is 7.95. The van der Waals surface area contributed by atoms with Crippen molar-refractivity contribution in [2.75, 3.05) is 0 Å². The Bertz CT molecular complexity index is 162. The molecule has 0 aliphatic carbocycles. The number of carbonyl (C=O) groups is 1. The van der Waals surface area contributed by atoms with Crippen molar-refractivity contribution in [3.05, 3.63) is 0 Å². The van der Waals surface area contributed by atoms with Gasteiger partial charge in [-0.05, 0) is 5.92 Å². The molecule has 0 fully saturated rings. The minimum atomic E-state index is -0.530. The Kier molecular flexibility index (Phi) is 4.05. The third-order valence-electron chi connectivity index (χ3n) is 0.957. The SMILES string of the molecule is CC(C)C(Br)C(=O)OC#N. The molecule has 0 aromatic rings. The smallest absolute Gasteiger partial charge is 0.335 e. The number of hydrogen-bond donors (Lipinski definition) is 0. The molecule has 3 nitrogen and oxygen atoms in total. The van der Waals surface area contributed by atoms with Gasteiger partial charge in [-0.3, -0.25) is 0 Å². The molecule has 0 radical (unpaired) electrons. The Labute approximate surface area is 68.1 Å². The minimum absolute atomic E-state index is 0.140. The van der Waals surface area contributed by atoms with Crippen LogP contribution in [0.5, 0.6) is 0 Å². The molecule has 0 saturated carbocycles. The summed E-state index contributed by atoms with van der Waals surface area (Å²) in [7, 11) is 0. The number of alkyl halides is 1. The number of hydrogen-bond acceptors (Lipinski definition) is 3. The highest BCUT2D eigenvalue weighted by atomic mass is 79.9. The zero-order chi connectivity index (χ0) is 8.15. The number of ether oxygens (including phenoxy) is 1. The number of nitriles is 1. The molecule has 10 heavy (non-hydrogen) atoms. The van der Waals surface area contributed by atoms with E-state index in [9.17, 15) is 4.79 Å². The zero-order valence-corrected chi connectivity index (χ0v) is 7.38. The molecule has 0 aliphatic heterocycles. The Morgan fingerprint density at radius 3 is 2.50 bits per heavy atom. The average molecular weight is 206 g/mol. The predicted octanol–water partition coefficient (Wildman–Crippen LogP) is 1.43. The lowest BCUT2D eigenvalue weighted by molar-refractivity contribution is -0.136. The fourth-order valence-electron chi connectivity index (χ4n) is 0.373. The molecule has 0 aromatic carbocycles. The molecule has 0 rings (SSSR count). The predicted molar refractivity (Wildman–Crippen MR) is 39.3 cm³/mol. The van der Waals surface area contributed by atoms with Crippen molar-refractivity contribution < 1.29 is 9.53 Å². The van der Waals surface area contributed by atoms with Crippen LogP contribution in [0.3, 0.4) is 0 Å². The second-order valence-electron chi connectivity index (χ2n) is 2.16. The Morgan fingerprint density at radius 1 is 1.70 bits per heavy atom. The number of halogens is 1. The summed E-state index contributed by atoms with van der Waals surface area (Å²) >= 11 is 3.08. The van der Waals surface area contributed by atoms with Crippen LogP contribution in [-0.4, -0.2) is 10.8 Å². The van der Waals surface area contributed by atoms with Crippen molar-refractivity contribution in [3.63, 3.8) is 0 Å². The normalized spacial score (nSPS) is 12.3. The molecule has 4 heteroatoms. The zero-order valence-electron chi connectivity index (χ0n) is 5.80. The maximum Gasteiger partial charge on any atom is 0.335 e. The second kappa shape index (κ2) is 4.29. The van der Waals surface area contributed by atoms with E-state index < -0.39 is 5.97 Å². The monoisotopic (exact) mass is 205 g/mol. The van der Waals surface area contributed by atoms with Crippen molar-refractivity contribution in [3.8, 4) is 6.26 Å². The van der Waals surface area contributed by atoms with Gasteiger partial charge in [0, 0.05) is 0 Å². The molecule has 0 spiro atoms. The van der Waals surface area contributed by atoms with E-state index in [1.54, 1.807) is 0 Å². The molecule has 56 valence electrons. The summed E-state index contributed by atoms with van der Waals surface area (Å²) in [4.78, 5) is 10.3. The second-order valence-corrected chi connectivity index (χ2v) is 3.14. The van der Waals surface area contributed by atoms with Gasteiger partial charge in [-0.1, -0.05) is 29.8 Å². The molecule has 1 unspecified atom stereocenters. The highest BCUT2D eigenvalue weighted by Gasteiger charge is 2.19. The standard InChI is InChI=1S/C6H8BrNO2/c1-4(2)5(7)6(9)10-3-8/h4-5H,1-2H3. The fraction of sp³-hybridized carbons (Fsp3) is 0.667. The first-order valence-electron chi connectivity index (χ1n) is 2.83. The van der Waals surface area contributed by atoms with Crippen LogP contribution < -0.4 is 0 Å².